The number of nitrogens with zero attached hydrogens (tertiary/aromatic N) is 2. The van der Waals surface area contributed by atoms with Crippen molar-refractivity contribution in [3.63, 3.8) is 0 Å². The number of carbonyl (C=O) groups is 1. The standard InChI is InChI=1S/C20H32N4O3.H2/c1-2-27-16-8-6-15(7-9-16)23-20-22-11-17(19(21)26)18(24-20)10-13-4-3-5-14(13)12-25;/h11,13-16,25H,2-10,12H2,1H3,(H2,21,26)(H,22,23,24);1H/t13-,14+,15?,16?;/m0./s1. The summed E-state index contributed by atoms with van der Waals surface area (Å²) in [5.41, 5.74) is 6.63. The summed E-state index contributed by atoms with van der Waals surface area (Å²) in [5, 5.41) is 13.0. The van der Waals surface area contributed by atoms with E-state index in [-0.39, 0.29) is 14.0 Å². The lowest BCUT2D eigenvalue weighted by molar-refractivity contribution is 0.0346. The largest absolute Gasteiger partial charge is 0.396 e. The van der Waals surface area contributed by atoms with E-state index >= 15 is 0 Å². The van der Waals surface area contributed by atoms with Crippen molar-refractivity contribution in [3.8, 4) is 0 Å². The van der Waals surface area contributed by atoms with Gasteiger partial charge in [-0.05, 0) is 63.7 Å². The van der Waals surface area contributed by atoms with Gasteiger partial charge in [-0.2, -0.15) is 0 Å². The van der Waals surface area contributed by atoms with Gasteiger partial charge in [-0.15, -0.1) is 0 Å². The SMILES string of the molecule is CCOC1CCC(Nc2ncc(C(N)=O)c(C[C@@H]3CCC[C@@H]3CO)n2)CC1.[HH]. The van der Waals surface area contributed by atoms with Crippen molar-refractivity contribution in [3.05, 3.63) is 17.5 Å². The molecule has 2 saturated carbocycles. The number of primary amides is 1. The van der Waals surface area contributed by atoms with Crippen LogP contribution in [0.15, 0.2) is 6.20 Å². The minimum Gasteiger partial charge on any atom is -0.396 e. The van der Waals surface area contributed by atoms with Crippen molar-refractivity contribution in [2.24, 2.45) is 17.6 Å². The Hall–Kier alpha value is -1.73. The summed E-state index contributed by atoms with van der Waals surface area (Å²) in [5.74, 6) is 0.698. The van der Waals surface area contributed by atoms with Crippen LogP contribution in [-0.4, -0.2) is 46.3 Å². The van der Waals surface area contributed by atoms with E-state index < -0.39 is 5.91 Å². The Morgan fingerprint density at radius 2 is 2.04 bits per heavy atom. The monoisotopic (exact) mass is 378 g/mol. The van der Waals surface area contributed by atoms with E-state index in [0.717, 1.165) is 51.6 Å². The Labute approximate surface area is 162 Å². The van der Waals surface area contributed by atoms with Gasteiger partial charge in [0.15, 0.2) is 0 Å². The zero-order valence-electron chi connectivity index (χ0n) is 16.2. The van der Waals surface area contributed by atoms with Gasteiger partial charge < -0.3 is 20.9 Å². The van der Waals surface area contributed by atoms with Crippen molar-refractivity contribution in [2.45, 2.75) is 70.4 Å². The van der Waals surface area contributed by atoms with Crippen LogP contribution in [-0.2, 0) is 11.2 Å². The zero-order chi connectivity index (χ0) is 19.2. The van der Waals surface area contributed by atoms with Crippen LogP contribution in [0.2, 0.25) is 0 Å². The first-order valence-electron chi connectivity index (χ1n) is 10.2. The number of hydrogen-bond donors (Lipinski definition) is 3. The molecule has 1 aromatic heterocycles. The number of nitrogens with two attached hydrogens (primary N) is 1. The Balaban J connectivity index is 0.00000280. The van der Waals surface area contributed by atoms with Crippen LogP contribution in [0, 0.1) is 11.8 Å². The van der Waals surface area contributed by atoms with Gasteiger partial charge in [-0.25, -0.2) is 9.97 Å². The molecule has 0 aromatic carbocycles. The summed E-state index contributed by atoms with van der Waals surface area (Å²) in [6.07, 6.45) is 9.90. The number of anilines is 1. The zero-order valence-corrected chi connectivity index (χ0v) is 16.2. The van der Waals surface area contributed by atoms with Gasteiger partial charge in [0.25, 0.3) is 5.91 Å². The van der Waals surface area contributed by atoms with Crippen LogP contribution in [0.5, 0.6) is 0 Å². The molecule has 1 heterocycles. The molecular formula is C20H34N4O3. The van der Waals surface area contributed by atoms with Crippen LogP contribution < -0.4 is 11.1 Å². The molecule has 0 bridgehead atoms. The van der Waals surface area contributed by atoms with E-state index in [1.165, 1.54) is 0 Å². The number of aliphatic hydroxyl groups is 1. The quantitative estimate of drug-likeness (QED) is 0.641. The highest BCUT2D eigenvalue weighted by Gasteiger charge is 2.29. The van der Waals surface area contributed by atoms with Gasteiger partial charge in [0.05, 0.1) is 17.4 Å². The van der Waals surface area contributed by atoms with E-state index in [2.05, 4.69) is 15.3 Å². The molecule has 3 rings (SSSR count). The molecule has 0 unspecified atom stereocenters. The first-order valence-corrected chi connectivity index (χ1v) is 10.2. The average molecular weight is 379 g/mol. The smallest absolute Gasteiger partial charge is 0.252 e. The van der Waals surface area contributed by atoms with Crippen molar-refractivity contribution in [1.82, 2.24) is 9.97 Å². The molecule has 2 aliphatic rings. The number of aromatic nitrogens is 2. The highest BCUT2D eigenvalue weighted by molar-refractivity contribution is 5.93. The number of amides is 1. The molecule has 1 amide bonds. The second-order valence-electron chi connectivity index (χ2n) is 7.83. The molecule has 7 heteroatoms. The molecule has 0 spiro atoms. The van der Waals surface area contributed by atoms with Crippen LogP contribution in [0.3, 0.4) is 0 Å². The predicted molar refractivity (Wildman–Crippen MR) is 106 cm³/mol. The number of nitrogens with one attached hydrogen (secondary N) is 1. The molecule has 2 aliphatic carbocycles. The van der Waals surface area contributed by atoms with E-state index in [1.54, 1.807) is 6.20 Å². The highest BCUT2D eigenvalue weighted by atomic mass is 16.5. The van der Waals surface area contributed by atoms with Gasteiger partial charge in [0, 0.05) is 26.9 Å². The van der Waals surface area contributed by atoms with Crippen molar-refractivity contribution in [2.75, 3.05) is 18.5 Å². The second kappa shape index (κ2) is 9.46. The Morgan fingerprint density at radius 1 is 1.30 bits per heavy atom. The van der Waals surface area contributed by atoms with Crippen LogP contribution in [0.25, 0.3) is 0 Å². The third-order valence-electron chi connectivity index (χ3n) is 6.05. The molecule has 2 fully saturated rings. The summed E-state index contributed by atoms with van der Waals surface area (Å²) in [6.45, 7) is 2.99. The average Bonchev–Trinajstić information content (AvgIpc) is 3.11. The first-order chi connectivity index (χ1) is 13.1. The molecular weight excluding hydrogens is 344 g/mol. The fraction of sp³-hybridized carbons (Fsp3) is 0.750. The van der Waals surface area contributed by atoms with Crippen LogP contribution in [0.1, 0.15) is 69.3 Å². The lowest BCUT2D eigenvalue weighted by Gasteiger charge is -2.29. The van der Waals surface area contributed by atoms with Gasteiger partial charge in [0.2, 0.25) is 5.95 Å². The van der Waals surface area contributed by atoms with Gasteiger partial charge in [-0.3, -0.25) is 4.79 Å². The molecule has 27 heavy (non-hydrogen) atoms. The van der Waals surface area contributed by atoms with Gasteiger partial charge >= 0.3 is 0 Å². The third-order valence-corrected chi connectivity index (χ3v) is 6.05. The molecule has 0 radical (unpaired) electrons. The summed E-state index contributed by atoms with van der Waals surface area (Å²) in [6, 6.07) is 0.325. The number of hydrogen-bond acceptors (Lipinski definition) is 6. The lowest BCUT2D eigenvalue weighted by Crippen LogP contribution is -2.30. The topological polar surface area (TPSA) is 110 Å². The van der Waals surface area contributed by atoms with Crippen molar-refractivity contribution < 1.29 is 16.1 Å². The number of rotatable bonds is 8. The molecule has 0 aliphatic heterocycles. The summed E-state index contributed by atoms with van der Waals surface area (Å²) >= 11 is 0. The molecule has 1 aromatic rings. The van der Waals surface area contributed by atoms with E-state index in [0.29, 0.717) is 41.7 Å². The fourth-order valence-corrected chi connectivity index (χ4v) is 4.51. The molecule has 0 saturated heterocycles. The number of aliphatic hydroxyl groups excluding tert-OH is 1. The van der Waals surface area contributed by atoms with E-state index in [1.807, 2.05) is 6.92 Å². The Morgan fingerprint density at radius 3 is 2.70 bits per heavy atom. The maximum atomic E-state index is 11.8. The van der Waals surface area contributed by atoms with Crippen molar-refractivity contribution in [1.29, 1.82) is 0 Å². The lowest BCUT2D eigenvalue weighted by atomic mass is 9.91. The Bertz CT molecular complexity index is 638. The molecule has 2 atom stereocenters. The predicted octanol–water partition coefficient (Wildman–Crippen LogP) is 2.53. The van der Waals surface area contributed by atoms with Crippen molar-refractivity contribution >= 4 is 11.9 Å². The highest BCUT2D eigenvalue weighted by Crippen LogP contribution is 2.34. The molecule has 152 valence electrons. The maximum Gasteiger partial charge on any atom is 0.252 e. The van der Waals surface area contributed by atoms with E-state index in [9.17, 15) is 9.90 Å². The summed E-state index contributed by atoms with van der Waals surface area (Å²) in [4.78, 5) is 20.8. The number of ether oxygens (including phenoxy) is 1. The van der Waals surface area contributed by atoms with Crippen LogP contribution in [0.4, 0.5) is 5.95 Å². The minimum atomic E-state index is -0.493. The maximum absolute atomic E-state index is 11.8. The molecule has 4 N–H and O–H groups in total. The summed E-state index contributed by atoms with van der Waals surface area (Å²) in [7, 11) is 0. The van der Waals surface area contributed by atoms with Gasteiger partial charge in [-0.1, -0.05) is 6.42 Å². The fourth-order valence-electron chi connectivity index (χ4n) is 4.51. The Kier molecular flexibility index (Phi) is 7.01. The molecule has 7 nitrogen and oxygen atoms in total. The van der Waals surface area contributed by atoms with Gasteiger partial charge in [0.1, 0.15) is 0 Å². The number of carbonyl (C=O) groups excluding carboxylic acids is 1. The van der Waals surface area contributed by atoms with E-state index in [4.69, 9.17) is 10.5 Å². The van der Waals surface area contributed by atoms with Crippen LogP contribution >= 0.6 is 0 Å². The first kappa shape index (κ1) is 20.0. The summed E-state index contributed by atoms with van der Waals surface area (Å²) < 4.78 is 5.71. The third kappa shape index (κ3) is 5.17. The minimum absolute atomic E-state index is 0. The normalized spacial score (nSPS) is 28.2. The second-order valence-corrected chi connectivity index (χ2v) is 7.83.